The maximum absolute atomic E-state index is 14.4. The smallest absolute Gasteiger partial charge is 0.338 e. The lowest BCUT2D eigenvalue weighted by Crippen LogP contribution is -2.59. The van der Waals surface area contributed by atoms with E-state index in [1.54, 1.807) is 26.2 Å². The molecule has 11 nitrogen and oxygen atoms in total. The monoisotopic (exact) mass is 622 g/mol. The first-order valence-electron chi connectivity index (χ1n) is 14.9. The maximum Gasteiger partial charge on any atom is 0.338 e. The molecule has 236 valence electrons. The van der Waals surface area contributed by atoms with E-state index in [0.29, 0.717) is 25.1 Å². The molecule has 2 aromatic carbocycles. The summed E-state index contributed by atoms with van der Waals surface area (Å²) in [6, 6.07) is 12.4. The molecular formula is C32H42N6O5S. The molecule has 0 saturated carbocycles. The van der Waals surface area contributed by atoms with Crippen molar-refractivity contribution in [1.82, 2.24) is 24.9 Å². The molecule has 0 aliphatic carbocycles. The van der Waals surface area contributed by atoms with Gasteiger partial charge in [0.25, 0.3) is 15.9 Å². The largest absolute Gasteiger partial charge is 0.475 e. The van der Waals surface area contributed by atoms with Gasteiger partial charge in [-0.2, -0.15) is 4.98 Å². The fraction of sp³-hybridized carbons (Fsp3) is 0.438. The van der Waals surface area contributed by atoms with E-state index in [1.807, 2.05) is 52.8 Å². The van der Waals surface area contributed by atoms with Crippen molar-refractivity contribution in [3.8, 4) is 17.1 Å². The second kappa shape index (κ2) is 13.6. The molecule has 3 amide bonds. The topological polar surface area (TPSA) is 125 Å². The van der Waals surface area contributed by atoms with Crippen molar-refractivity contribution in [2.24, 2.45) is 5.92 Å². The Bertz CT molecular complexity index is 1600. The van der Waals surface area contributed by atoms with E-state index in [2.05, 4.69) is 14.7 Å². The molecule has 0 fully saturated rings. The summed E-state index contributed by atoms with van der Waals surface area (Å²) in [5.74, 6) is -0.380. The van der Waals surface area contributed by atoms with E-state index in [1.165, 1.54) is 33.1 Å². The van der Waals surface area contributed by atoms with E-state index in [0.717, 1.165) is 23.1 Å². The van der Waals surface area contributed by atoms with E-state index in [-0.39, 0.29) is 40.8 Å². The molecule has 0 spiro atoms. The zero-order valence-electron chi connectivity index (χ0n) is 26.5. The average Bonchev–Trinajstić information content (AvgIpc) is 2.96. The molecule has 3 aromatic rings. The number of fused-ring (bicyclic) bond motifs is 4. The van der Waals surface area contributed by atoms with Gasteiger partial charge in [0.1, 0.15) is 6.61 Å². The van der Waals surface area contributed by atoms with Crippen LogP contribution in [0.5, 0.6) is 5.88 Å². The molecule has 0 saturated heterocycles. The number of sulfonamides is 1. The molecule has 1 N–H and O–H groups in total. The van der Waals surface area contributed by atoms with Gasteiger partial charge in [0.2, 0.25) is 11.8 Å². The number of carbonyl (C=O) groups is 2. The summed E-state index contributed by atoms with van der Waals surface area (Å²) >= 11 is 0. The lowest BCUT2D eigenvalue weighted by Gasteiger charge is -2.41. The minimum Gasteiger partial charge on any atom is -0.475 e. The number of aryl methyl sites for hydroxylation is 2. The molecule has 4 bridgehead atoms. The van der Waals surface area contributed by atoms with Crippen LogP contribution >= 0.6 is 0 Å². The van der Waals surface area contributed by atoms with Crippen molar-refractivity contribution < 1.29 is 22.7 Å². The number of amides is 3. The number of urea groups is 1. The summed E-state index contributed by atoms with van der Waals surface area (Å²) in [5, 5.41) is 2.90. The SMILES string of the molecule is CCCCN(C(=O)N(C)C)N1C(=O)c2cccc(c2)S(=O)(=O)Nc2nc(cc(-c3c(C)cccc3C)n2)OC[C@H]1CC(C)C. The molecular weight excluding hydrogens is 580 g/mol. The molecule has 1 atom stereocenters. The number of unbranched alkanes of at least 4 members (excludes halogenated alkanes) is 1. The predicted molar refractivity (Wildman–Crippen MR) is 170 cm³/mol. The summed E-state index contributed by atoms with van der Waals surface area (Å²) in [4.78, 5) is 38.2. The van der Waals surface area contributed by atoms with Gasteiger partial charge in [0.05, 0.1) is 16.6 Å². The Morgan fingerprint density at radius 2 is 1.77 bits per heavy atom. The summed E-state index contributed by atoms with van der Waals surface area (Å²) in [5.41, 5.74) is 3.37. The first-order valence-corrected chi connectivity index (χ1v) is 16.3. The van der Waals surface area contributed by atoms with Gasteiger partial charge in [-0.1, -0.05) is 51.5 Å². The Morgan fingerprint density at radius 3 is 2.41 bits per heavy atom. The molecule has 1 aromatic heterocycles. The average molecular weight is 623 g/mol. The van der Waals surface area contributed by atoms with E-state index in [4.69, 9.17) is 4.74 Å². The van der Waals surface area contributed by atoms with E-state index < -0.39 is 22.0 Å². The summed E-state index contributed by atoms with van der Waals surface area (Å²) < 4.78 is 36.0. The lowest BCUT2D eigenvalue weighted by molar-refractivity contribution is -0.0323. The molecule has 1 aliphatic rings. The highest BCUT2D eigenvalue weighted by Gasteiger charge is 2.36. The highest BCUT2D eigenvalue weighted by atomic mass is 32.2. The van der Waals surface area contributed by atoms with Crippen LogP contribution in [0.25, 0.3) is 11.3 Å². The van der Waals surface area contributed by atoms with Crippen LogP contribution in [-0.4, -0.2) is 78.5 Å². The maximum atomic E-state index is 14.4. The number of hydrazine groups is 1. The molecule has 4 rings (SSSR count). The molecule has 0 unspecified atom stereocenters. The van der Waals surface area contributed by atoms with Gasteiger partial charge < -0.3 is 9.64 Å². The fourth-order valence-electron chi connectivity index (χ4n) is 5.27. The van der Waals surface area contributed by atoms with Gasteiger partial charge in [-0.05, 0) is 61.9 Å². The van der Waals surface area contributed by atoms with Crippen molar-refractivity contribution in [2.45, 2.75) is 64.8 Å². The lowest BCUT2D eigenvalue weighted by atomic mass is 10.00. The van der Waals surface area contributed by atoms with Crippen LogP contribution in [0, 0.1) is 19.8 Å². The van der Waals surface area contributed by atoms with Gasteiger partial charge in [-0.25, -0.2) is 32.9 Å². The Labute approximate surface area is 260 Å². The number of nitrogens with one attached hydrogen (secondary N) is 1. The third-order valence-electron chi connectivity index (χ3n) is 7.36. The number of carbonyl (C=O) groups excluding carboxylic acids is 2. The van der Waals surface area contributed by atoms with Crippen LogP contribution in [0.3, 0.4) is 0 Å². The number of rotatable bonds is 7. The highest BCUT2D eigenvalue weighted by molar-refractivity contribution is 7.92. The van der Waals surface area contributed by atoms with Crippen molar-refractivity contribution in [3.63, 3.8) is 0 Å². The highest BCUT2D eigenvalue weighted by Crippen LogP contribution is 2.30. The van der Waals surface area contributed by atoms with Crippen LogP contribution in [0.4, 0.5) is 10.7 Å². The number of hydrogen-bond donors (Lipinski definition) is 1. The van der Waals surface area contributed by atoms with Crippen LogP contribution in [0.2, 0.25) is 0 Å². The quantitative estimate of drug-likeness (QED) is 0.368. The number of nitrogens with zero attached hydrogens (tertiary/aromatic N) is 5. The van der Waals surface area contributed by atoms with E-state index >= 15 is 0 Å². The second-order valence-electron chi connectivity index (χ2n) is 11.7. The van der Waals surface area contributed by atoms with Crippen molar-refractivity contribution >= 4 is 27.9 Å². The summed E-state index contributed by atoms with van der Waals surface area (Å²) in [6.45, 7) is 10.3. The normalized spacial score (nSPS) is 16.2. The molecule has 2 heterocycles. The first kappa shape index (κ1) is 32.7. The number of hydrogen-bond acceptors (Lipinski definition) is 7. The summed E-state index contributed by atoms with van der Waals surface area (Å²) in [6.07, 6.45) is 1.97. The Kier molecular flexibility index (Phi) is 10.1. The molecule has 12 heteroatoms. The molecule has 0 radical (unpaired) electrons. The van der Waals surface area contributed by atoms with Crippen LogP contribution < -0.4 is 9.46 Å². The first-order chi connectivity index (χ1) is 20.8. The van der Waals surface area contributed by atoms with Crippen molar-refractivity contribution in [2.75, 3.05) is 32.0 Å². The standard InChI is InChI=1S/C32H42N6O5S/c1-8-9-16-37(32(40)36(6)7)38-25(17-21(2)3)20-43-28-19-27(29-22(4)12-10-13-23(29)5)33-31(34-28)35-44(41,42)26-15-11-14-24(18-26)30(38)39/h10-15,18-19,21,25H,8-9,16-17,20H2,1-7H3,(H,33,34,35)/t25-/m1/s1. The van der Waals surface area contributed by atoms with Gasteiger partial charge in [0.15, 0.2) is 0 Å². The fourth-order valence-corrected chi connectivity index (χ4v) is 6.26. The number of anilines is 1. The molecule has 1 aliphatic heterocycles. The minimum absolute atomic E-state index is 0.00232. The van der Waals surface area contributed by atoms with Crippen LogP contribution in [0.1, 0.15) is 61.5 Å². The van der Waals surface area contributed by atoms with Gasteiger partial charge in [0, 0.05) is 37.8 Å². The minimum atomic E-state index is -4.21. The zero-order valence-corrected chi connectivity index (χ0v) is 27.3. The third-order valence-corrected chi connectivity index (χ3v) is 8.69. The van der Waals surface area contributed by atoms with Crippen molar-refractivity contribution in [1.29, 1.82) is 0 Å². The summed E-state index contributed by atoms with van der Waals surface area (Å²) in [7, 11) is -0.934. The van der Waals surface area contributed by atoms with Crippen LogP contribution in [-0.2, 0) is 10.0 Å². The van der Waals surface area contributed by atoms with E-state index in [9.17, 15) is 18.0 Å². The van der Waals surface area contributed by atoms with Crippen LogP contribution in [0.15, 0.2) is 53.4 Å². The van der Waals surface area contributed by atoms with Gasteiger partial charge >= 0.3 is 6.03 Å². The number of ether oxygens (including phenoxy) is 1. The number of aromatic nitrogens is 2. The third kappa shape index (κ3) is 7.29. The second-order valence-corrected chi connectivity index (χ2v) is 13.4. The van der Waals surface area contributed by atoms with Gasteiger partial charge in [-0.15, -0.1) is 0 Å². The Hall–Kier alpha value is -4.19. The Balaban J connectivity index is 1.95. The molecule has 44 heavy (non-hydrogen) atoms. The van der Waals surface area contributed by atoms with Crippen molar-refractivity contribution in [3.05, 3.63) is 65.2 Å². The van der Waals surface area contributed by atoms with Gasteiger partial charge in [-0.3, -0.25) is 4.79 Å². The Morgan fingerprint density at radius 1 is 1.09 bits per heavy atom. The number of benzene rings is 2. The predicted octanol–water partition coefficient (Wildman–Crippen LogP) is 5.51. The zero-order chi connectivity index (χ0) is 32.2.